The molecule has 0 spiro atoms. The molecular weight excluding hydrogens is 264 g/mol. The van der Waals surface area contributed by atoms with Crippen LogP contribution in [-0.4, -0.2) is 4.98 Å². The molecule has 20 heavy (non-hydrogen) atoms. The van der Waals surface area contributed by atoms with Crippen molar-refractivity contribution < 1.29 is 0 Å². The number of aromatic nitrogens is 1. The molecule has 0 aliphatic carbocycles. The Morgan fingerprint density at radius 2 is 1.90 bits per heavy atom. The molecular formula is C17H18N2S. The van der Waals surface area contributed by atoms with Crippen LogP contribution >= 0.6 is 11.3 Å². The van der Waals surface area contributed by atoms with Gasteiger partial charge >= 0.3 is 0 Å². The third-order valence-electron chi connectivity index (χ3n) is 3.57. The largest absolute Gasteiger partial charge is 0.376 e. The van der Waals surface area contributed by atoms with Gasteiger partial charge in [-0.15, -0.1) is 11.3 Å². The fourth-order valence-corrected chi connectivity index (χ4v) is 3.69. The van der Waals surface area contributed by atoms with Crippen molar-refractivity contribution in [2.24, 2.45) is 0 Å². The van der Waals surface area contributed by atoms with Gasteiger partial charge in [-0.05, 0) is 49.9 Å². The molecule has 0 bridgehead atoms. The average Bonchev–Trinajstić information content (AvgIpc) is 2.79. The van der Waals surface area contributed by atoms with Crippen LogP contribution in [-0.2, 0) is 0 Å². The summed E-state index contributed by atoms with van der Waals surface area (Å²) in [6.07, 6.45) is 1.90. The SMILES string of the molecule is Cc1ccc(NC(C)c2sc3ccccc3c2C)cn1. The summed E-state index contributed by atoms with van der Waals surface area (Å²) < 4.78 is 1.36. The Kier molecular flexibility index (Phi) is 3.45. The van der Waals surface area contributed by atoms with Gasteiger partial charge < -0.3 is 5.32 Å². The number of nitrogens with zero attached hydrogens (tertiary/aromatic N) is 1. The van der Waals surface area contributed by atoms with E-state index in [1.807, 2.05) is 30.5 Å². The minimum Gasteiger partial charge on any atom is -0.376 e. The van der Waals surface area contributed by atoms with Crippen LogP contribution < -0.4 is 5.32 Å². The fraction of sp³-hybridized carbons (Fsp3) is 0.235. The molecule has 0 radical (unpaired) electrons. The van der Waals surface area contributed by atoms with Crippen molar-refractivity contribution in [1.82, 2.24) is 4.98 Å². The molecule has 3 rings (SSSR count). The molecule has 3 aromatic rings. The smallest absolute Gasteiger partial charge is 0.0582 e. The molecule has 2 heterocycles. The van der Waals surface area contributed by atoms with E-state index in [0.717, 1.165) is 11.4 Å². The van der Waals surface area contributed by atoms with Crippen LogP contribution in [0.15, 0.2) is 42.6 Å². The highest BCUT2D eigenvalue weighted by Gasteiger charge is 2.14. The van der Waals surface area contributed by atoms with Gasteiger partial charge in [-0.3, -0.25) is 4.98 Å². The Morgan fingerprint density at radius 3 is 2.60 bits per heavy atom. The highest BCUT2D eigenvalue weighted by atomic mass is 32.1. The quantitative estimate of drug-likeness (QED) is 0.724. The summed E-state index contributed by atoms with van der Waals surface area (Å²) in [5.41, 5.74) is 3.49. The second-order valence-electron chi connectivity index (χ2n) is 5.14. The number of thiophene rings is 1. The number of anilines is 1. The van der Waals surface area contributed by atoms with Gasteiger partial charge in [0.25, 0.3) is 0 Å². The molecule has 0 saturated carbocycles. The van der Waals surface area contributed by atoms with E-state index in [2.05, 4.69) is 54.5 Å². The van der Waals surface area contributed by atoms with E-state index in [9.17, 15) is 0 Å². The van der Waals surface area contributed by atoms with E-state index in [-0.39, 0.29) is 6.04 Å². The molecule has 0 aliphatic heterocycles. The van der Waals surface area contributed by atoms with Crippen molar-refractivity contribution >= 4 is 27.1 Å². The van der Waals surface area contributed by atoms with Gasteiger partial charge in [-0.25, -0.2) is 0 Å². The van der Waals surface area contributed by atoms with Gasteiger partial charge in [0.2, 0.25) is 0 Å². The monoisotopic (exact) mass is 282 g/mol. The predicted molar refractivity (Wildman–Crippen MR) is 87.6 cm³/mol. The number of rotatable bonds is 3. The van der Waals surface area contributed by atoms with Crippen molar-refractivity contribution in [2.45, 2.75) is 26.8 Å². The number of hydrogen-bond donors (Lipinski definition) is 1. The van der Waals surface area contributed by atoms with Crippen LogP contribution in [0, 0.1) is 13.8 Å². The summed E-state index contributed by atoms with van der Waals surface area (Å²) in [5.74, 6) is 0. The van der Waals surface area contributed by atoms with Gasteiger partial charge in [0.15, 0.2) is 0 Å². The molecule has 2 aromatic heterocycles. The number of pyridine rings is 1. The molecule has 0 aliphatic rings. The lowest BCUT2D eigenvalue weighted by Crippen LogP contribution is -2.06. The van der Waals surface area contributed by atoms with Gasteiger partial charge in [0.05, 0.1) is 17.9 Å². The highest BCUT2D eigenvalue weighted by molar-refractivity contribution is 7.19. The van der Waals surface area contributed by atoms with E-state index >= 15 is 0 Å². The van der Waals surface area contributed by atoms with E-state index in [4.69, 9.17) is 0 Å². The molecule has 1 atom stereocenters. The maximum absolute atomic E-state index is 4.33. The van der Waals surface area contributed by atoms with Gasteiger partial charge in [0.1, 0.15) is 0 Å². The zero-order valence-electron chi connectivity index (χ0n) is 12.0. The number of hydrogen-bond acceptors (Lipinski definition) is 3. The van der Waals surface area contributed by atoms with Gasteiger partial charge in [-0.1, -0.05) is 18.2 Å². The summed E-state index contributed by atoms with van der Waals surface area (Å²) in [7, 11) is 0. The minimum absolute atomic E-state index is 0.289. The molecule has 102 valence electrons. The molecule has 0 amide bonds. The Labute approximate surface area is 123 Å². The Morgan fingerprint density at radius 1 is 1.10 bits per heavy atom. The summed E-state index contributed by atoms with van der Waals surface area (Å²) in [6.45, 7) is 6.42. The summed E-state index contributed by atoms with van der Waals surface area (Å²) in [5, 5.41) is 4.90. The fourth-order valence-electron chi connectivity index (χ4n) is 2.48. The maximum atomic E-state index is 4.33. The number of fused-ring (bicyclic) bond motifs is 1. The number of benzene rings is 1. The first-order valence-corrected chi connectivity index (χ1v) is 7.64. The summed E-state index contributed by atoms with van der Waals surface area (Å²) in [6, 6.07) is 13.0. The van der Waals surface area contributed by atoms with Gasteiger partial charge in [0, 0.05) is 15.3 Å². The molecule has 1 unspecified atom stereocenters. The van der Waals surface area contributed by atoms with E-state index in [1.54, 1.807) is 0 Å². The summed E-state index contributed by atoms with van der Waals surface area (Å²) >= 11 is 1.87. The first-order chi connectivity index (χ1) is 9.65. The van der Waals surface area contributed by atoms with Crippen LogP contribution in [0.1, 0.15) is 29.1 Å². The Hall–Kier alpha value is -1.87. The van der Waals surface area contributed by atoms with Gasteiger partial charge in [-0.2, -0.15) is 0 Å². The van der Waals surface area contributed by atoms with Crippen LogP contribution in [0.5, 0.6) is 0 Å². The molecule has 1 N–H and O–H groups in total. The van der Waals surface area contributed by atoms with Crippen molar-refractivity contribution in [3.8, 4) is 0 Å². The lowest BCUT2D eigenvalue weighted by atomic mass is 10.1. The maximum Gasteiger partial charge on any atom is 0.0582 e. The van der Waals surface area contributed by atoms with Crippen molar-refractivity contribution in [2.75, 3.05) is 5.32 Å². The van der Waals surface area contributed by atoms with Crippen LogP contribution in [0.3, 0.4) is 0 Å². The standard InChI is InChI=1S/C17H18N2S/c1-11-8-9-14(10-18-11)19-13(3)17-12(2)15-6-4-5-7-16(15)20-17/h4-10,13,19H,1-3H3. The van der Waals surface area contributed by atoms with Crippen molar-refractivity contribution in [1.29, 1.82) is 0 Å². The highest BCUT2D eigenvalue weighted by Crippen LogP contribution is 2.35. The van der Waals surface area contributed by atoms with E-state index < -0.39 is 0 Å². The van der Waals surface area contributed by atoms with Crippen LogP contribution in [0.4, 0.5) is 5.69 Å². The molecule has 3 heteroatoms. The van der Waals surface area contributed by atoms with E-state index in [1.165, 1.54) is 20.5 Å². The number of nitrogens with one attached hydrogen (secondary N) is 1. The second kappa shape index (κ2) is 5.25. The third-order valence-corrected chi connectivity index (χ3v) is 5.02. The Balaban J connectivity index is 1.90. The Bertz CT molecular complexity index is 728. The topological polar surface area (TPSA) is 24.9 Å². The molecule has 2 nitrogen and oxygen atoms in total. The molecule has 1 aromatic carbocycles. The first kappa shape index (κ1) is 13.1. The zero-order valence-corrected chi connectivity index (χ0v) is 12.8. The normalized spacial score (nSPS) is 12.6. The van der Waals surface area contributed by atoms with E-state index in [0.29, 0.717) is 0 Å². The van der Waals surface area contributed by atoms with Crippen molar-refractivity contribution in [3.63, 3.8) is 0 Å². The second-order valence-corrected chi connectivity index (χ2v) is 6.23. The lowest BCUT2D eigenvalue weighted by molar-refractivity contribution is 0.897. The molecule has 0 fully saturated rings. The first-order valence-electron chi connectivity index (χ1n) is 6.82. The van der Waals surface area contributed by atoms with Crippen molar-refractivity contribution in [3.05, 3.63) is 58.7 Å². The lowest BCUT2D eigenvalue weighted by Gasteiger charge is -2.14. The minimum atomic E-state index is 0.289. The third kappa shape index (κ3) is 2.41. The number of aryl methyl sites for hydroxylation is 2. The average molecular weight is 282 g/mol. The van der Waals surface area contributed by atoms with Crippen LogP contribution in [0.25, 0.3) is 10.1 Å². The summed E-state index contributed by atoms with van der Waals surface area (Å²) in [4.78, 5) is 5.73. The molecule has 0 saturated heterocycles. The zero-order chi connectivity index (χ0) is 14.1. The van der Waals surface area contributed by atoms with Crippen LogP contribution in [0.2, 0.25) is 0 Å². The predicted octanol–water partition coefficient (Wildman–Crippen LogP) is 5.09.